The summed E-state index contributed by atoms with van der Waals surface area (Å²) in [6.45, 7) is 0.716. The van der Waals surface area contributed by atoms with E-state index >= 15 is 0 Å². The molecule has 86 valence electrons. The molecule has 0 spiro atoms. The minimum absolute atomic E-state index is 0.213. The fourth-order valence-electron chi connectivity index (χ4n) is 1.25. The van der Waals surface area contributed by atoms with Crippen LogP contribution in [0.15, 0.2) is 11.4 Å². The zero-order valence-corrected chi connectivity index (χ0v) is 10.4. The van der Waals surface area contributed by atoms with Crippen LogP contribution in [-0.4, -0.2) is 28.7 Å². The molecule has 4 nitrogen and oxygen atoms in total. The Morgan fingerprint density at radius 3 is 3.06 bits per heavy atom. The Bertz CT molecular complexity index is 409. The third-order valence-electron chi connectivity index (χ3n) is 2.37. The average Bonchev–Trinajstić information content (AvgIpc) is 3.10. The van der Waals surface area contributed by atoms with Gasteiger partial charge < -0.3 is 5.32 Å². The molecule has 1 saturated carbocycles. The van der Waals surface area contributed by atoms with Crippen LogP contribution in [0.25, 0.3) is 0 Å². The first-order chi connectivity index (χ1) is 7.70. The molecule has 1 heterocycles. The normalized spacial score (nSPS) is 14.9. The number of carbonyl (C=O) groups is 1. The lowest BCUT2D eigenvalue weighted by atomic mass is 10.3. The topological polar surface area (TPSA) is 54.9 Å². The van der Waals surface area contributed by atoms with Crippen molar-refractivity contribution in [1.29, 1.82) is 0 Å². The molecule has 1 aromatic heterocycles. The van der Waals surface area contributed by atoms with Gasteiger partial charge in [-0.2, -0.15) is 0 Å². The molecule has 1 aromatic rings. The molecule has 0 aliphatic heterocycles. The number of halogens is 1. The van der Waals surface area contributed by atoms with Crippen LogP contribution >= 0.6 is 23.4 Å². The van der Waals surface area contributed by atoms with E-state index in [2.05, 4.69) is 15.3 Å². The number of amides is 1. The largest absolute Gasteiger partial charge is 0.350 e. The van der Waals surface area contributed by atoms with Crippen molar-refractivity contribution >= 4 is 29.3 Å². The summed E-state index contributed by atoms with van der Waals surface area (Å²) in [5, 5.41) is 3.68. The van der Waals surface area contributed by atoms with Crippen molar-refractivity contribution < 1.29 is 4.79 Å². The Labute approximate surface area is 103 Å². The summed E-state index contributed by atoms with van der Waals surface area (Å²) < 4.78 is 0. The van der Waals surface area contributed by atoms with Crippen molar-refractivity contribution in [3.8, 4) is 0 Å². The first-order valence-electron chi connectivity index (χ1n) is 5.05. The third kappa shape index (κ3) is 2.86. The summed E-state index contributed by atoms with van der Waals surface area (Å²) in [7, 11) is 0. The molecule has 1 aliphatic carbocycles. The Kier molecular flexibility index (Phi) is 3.66. The van der Waals surface area contributed by atoms with Gasteiger partial charge in [-0.3, -0.25) is 4.79 Å². The summed E-state index contributed by atoms with van der Waals surface area (Å²) in [4.78, 5) is 19.9. The fraction of sp³-hybridized carbons (Fsp3) is 0.500. The molecule has 0 unspecified atom stereocenters. The van der Waals surface area contributed by atoms with Gasteiger partial charge in [0.05, 0.1) is 11.2 Å². The molecule has 1 aliphatic rings. The van der Waals surface area contributed by atoms with E-state index in [1.54, 1.807) is 0 Å². The number of hydrogen-bond acceptors (Lipinski definition) is 4. The molecule has 2 rings (SSSR count). The molecule has 0 atom stereocenters. The summed E-state index contributed by atoms with van der Waals surface area (Å²) in [5.41, 5.74) is 0.265. The quantitative estimate of drug-likeness (QED) is 0.662. The van der Waals surface area contributed by atoms with Gasteiger partial charge in [-0.25, -0.2) is 9.97 Å². The molecule has 0 saturated heterocycles. The van der Waals surface area contributed by atoms with Gasteiger partial charge in [0.15, 0.2) is 10.9 Å². The van der Waals surface area contributed by atoms with Crippen molar-refractivity contribution in [2.75, 3.05) is 12.8 Å². The van der Waals surface area contributed by atoms with Crippen LogP contribution in [0.3, 0.4) is 0 Å². The van der Waals surface area contributed by atoms with Crippen molar-refractivity contribution in [2.45, 2.75) is 18.0 Å². The first kappa shape index (κ1) is 11.7. The van der Waals surface area contributed by atoms with Crippen LogP contribution in [-0.2, 0) is 0 Å². The molecule has 6 heteroatoms. The summed E-state index contributed by atoms with van der Waals surface area (Å²) >= 11 is 7.27. The summed E-state index contributed by atoms with van der Waals surface area (Å²) in [5.74, 6) is 0.430. The number of nitrogens with one attached hydrogen (secondary N) is 1. The average molecular weight is 258 g/mol. The van der Waals surface area contributed by atoms with Gasteiger partial charge in [-0.1, -0.05) is 23.4 Å². The minimum Gasteiger partial charge on any atom is -0.350 e. The van der Waals surface area contributed by atoms with E-state index in [0.29, 0.717) is 22.6 Å². The Morgan fingerprint density at radius 2 is 2.44 bits per heavy atom. The van der Waals surface area contributed by atoms with Gasteiger partial charge in [0.2, 0.25) is 0 Å². The highest BCUT2D eigenvalue weighted by molar-refractivity contribution is 7.98. The van der Waals surface area contributed by atoms with Crippen LogP contribution in [0.4, 0.5) is 0 Å². The predicted molar refractivity (Wildman–Crippen MR) is 63.9 cm³/mol. The fourth-order valence-corrected chi connectivity index (χ4v) is 1.77. The predicted octanol–water partition coefficient (Wildman–Crippen LogP) is 1.99. The number of aromatic nitrogens is 2. The molecule has 16 heavy (non-hydrogen) atoms. The van der Waals surface area contributed by atoms with Gasteiger partial charge in [-0.05, 0) is 25.0 Å². The van der Waals surface area contributed by atoms with Gasteiger partial charge in [0, 0.05) is 6.54 Å². The summed E-state index contributed by atoms with van der Waals surface area (Å²) in [6.07, 6.45) is 5.73. The van der Waals surface area contributed by atoms with Crippen LogP contribution in [0, 0.1) is 5.92 Å². The summed E-state index contributed by atoms with van der Waals surface area (Å²) in [6, 6.07) is 0. The maximum Gasteiger partial charge on any atom is 0.271 e. The second kappa shape index (κ2) is 5.01. The standard InChI is InChI=1S/C10H12ClN3OS/c1-16-10-13-5-7(11)8(14-10)9(15)12-4-6-2-3-6/h5-6H,2-4H2,1H3,(H,12,15). The number of hydrogen-bond donors (Lipinski definition) is 1. The lowest BCUT2D eigenvalue weighted by Gasteiger charge is -2.05. The minimum atomic E-state index is -0.213. The first-order valence-corrected chi connectivity index (χ1v) is 6.65. The van der Waals surface area contributed by atoms with Crippen molar-refractivity contribution in [3.05, 3.63) is 16.9 Å². The van der Waals surface area contributed by atoms with E-state index in [-0.39, 0.29) is 11.6 Å². The smallest absolute Gasteiger partial charge is 0.271 e. The SMILES string of the molecule is CSc1ncc(Cl)c(C(=O)NCC2CC2)n1. The Morgan fingerprint density at radius 1 is 1.69 bits per heavy atom. The molecule has 0 radical (unpaired) electrons. The van der Waals surface area contributed by atoms with E-state index in [1.165, 1.54) is 30.8 Å². The van der Waals surface area contributed by atoms with E-state index in [9.17, 15) is 4.79 Å². The van der Waals surface area contributed by atoms with Gasteiger partial charge in [0.25, 0.3) is 5.91 Å². The number of rotatable bonds is 4. The van der Waals surface area contributed by atoms with Gasteiger partial charge in [-0.15, -0.1) is 0 Å². The van der Waals surface area contributed by atoms with Crippen molar-refractivity contribution in [1.82, 2.24) is 15.3 Å². The van der Waals surface area contributed by atoms with Crippen molar-refractivity contribution in [3.63, 3.8) is 0 Å². The second-order valence-corrected chi connectivity index (χ2v) is 4.89. The highest BCUT2D eigenvalue weighted by Gasteiger charge is 2.23. The lowest BCUT2D eigenvalue weighted by Crippen LogP contribution is -2.27. The molecular weight excluding hydrogens is 246 g/mol. The Hall–Kier alpha value is -0.810. The number of nitrogens with zero attached hydrogens (tertiary/aromatic N) is 2. The monoisotopic (exact) mass is 257 g/mol. The third-order valence-corrected chi connectivity index (χ3v) is 3.21. The van der Waals surface area contributed by atoms with Gasteiger partial charge in [0.1, 0.15) is 0 Å². The van der Waals surface area contributed by atoms with Gasteiger partial charge >= 0.3 is 0 Å². The highest BCUT2D eigenvalue weighted by Crippen LogP contribution is 2.27. The molecule has 1 fully saturated rings. The van der Waals surface area contributed by atoms with E-state index in [0.717, 1.165) is 0 Å². The zero-order valence-electron chi connectivity index (χ0n) is 8.86. The molecule has 0 aromatic carbocycles. The molecule has 1 amide bonds. The Balaban J connectivity index is 2.07. The lowest BCUT2D eigenvalue weighted by molar-refractivity contribution is 0.0946. The molecule has 1 N–H and O–H groups in total. The number of carbonyl (C=O) groups excluding carboxylic acids is 1. The highest BCUT2D eigenvalue weighted by atomic mass is 35.5. The van der Waals surface area contributed by atoms with Crippen LogP contribution in [0.2, 0.25) is 5.02 Å². The van der Waals surface area contributed by atoms with E-state index in [4.69, 9.17) is 11.6 Å². The maximum atomic E-state index is 11.8. The van der Waals surface area contributed by atoms with Crippen LogP contribution < -0.4 is 5.32 Å². The number of thioether (sulfide) groups is 1. The van der Waals surface area contributed by atoms with Crippen LogP contribution in [0.1, 0.15) is 23.3 Å². The van der Waals surface area contributed by atoms with Crippen molar-refractivity contribution in [2.24, 2.45) is 5.92 Å². The molecule has 0 bridgehead atoms. The second-order valence-electron chi connectivity index (χ2n) is 3.71. The van der Waals surface area contributed by atoms with Crippen LogP contribution in [0.5, 0.6) is 0 Å². The molecular formula is C10H12ClN3OS. The maximum absolute atomic E-state index is 11.8. The zero-order chi connectivity index (χ0) is 11.5. The van der Waals surface area contributed by atoms with E-state index in [1.807, 2.05) is 6.26 Å². The van der Waals surface area contributed by atoms with E-state index < -0.39 is 0 Å².